The van der Waals surface area contributed by atoms with E-state index in [1.54, 1.807) is 0 Å². The number of amides is 2. The Morgan fingerprint density at radius 1 is 0.760 bits per heavy atom. The predicted octanol–water partition coefficient (Wildman–Crippen LogP) is 3.39. The number of carbonyl (C=O) groups excluding carboxylic acids is 2. The Morgan fingerprint density at radius 3 is 2.00 bits per heavy atom. The van der Waals surface area contributed by atoms with Gasteiger partial charge in [0.2, 0.25) is 11.8 Å². The molecule has 4 rings (SSSR count). The van der Waals surface area contributed by atoms with Crippen molar-refractivity contribution in [2.75, 3.05) is 19.6 Å². The summed E-state index contributed by atoms with van der Waals surface area (Å²) in [6.07, 6.45) is 7.23. The third-order valence-corrected chi connectivity index (χ3v) is 6.35. The third kappa shape index (κ3) is 3.31. The molecule has 25 heavy (non-hydrogen) atoms. The summed E-state index contributed by atoms with van der Waals surface area (Å²) in [6, 6.07) is 10.6. The molecule has 0 radical (unpaired) electrons. The van der Waals surface area contributed by atoms with Gasteiger partial charge in [-0.25, -0.2) is 0 Å². The molecule has 0 aromatic heterocycles. The molecule has 0 spiro atoms. The largest absolute Gasteiger partial charge is 0.342 e. The van der Waals surface area contributed by atoms with E-state index in [0.29, 0.717) is 11.8 Å². The van der Waals surface area contributed by atoms with Gasteiger partial charge in [-0.2, -0.15) is 0 Å². The molecule has 1 aliphatic carbocycles. The summed E-state index contributed by atoms with van der Waals surface area (Å²) >= 11 is 0. The van der Waals surface area contributed by atoms with Crippen LogP contribution in [-0.2, 0) is 9.59 Å². The molecule has 2 heterocycles. The van der Waals surface area contributed by atoms with Crippen molar-refractivity contribution in [3.63, 3.8) is 0 Å². The van der Waals surface area contributed by atoms with Crippen LogP contribution in [0.15, 0.2) is 30.3 Å². The summed E-state index contributed by atoms with van der Waals surface area (Å²) in [4.78, 5) is 29.5. The fourth-order valence-electron chi connectivity index (χ4n) is 4.69. The molecule has 4 heteroatoms. The van der Waals surface area contributed by atoms with Crippen LogP contribution in [0.5, 0.6) is 0 Å². The van der Waals surface area contributed by atoms with Gasteiger partial charge in [0.05, 0.1) is 6.04 Å². The van der Waals surface area contributed by atoms with Gasteiger partial charge >= 0.3 is 0 Å². The zero-order valence-electron chi connectivity index (χ0n) is 14.9. The Labute approximate surface area is 150 Å². The minimum Gasteiger partial charge on any atom is -0.342 e. The molecule has 1 aromatic rings. The summed E-state index contributed by atoms with van der Waals surface area (Å²) in [5, 5.41) is 0. The first-order valence-corrected chi connectivity index (χ1v) is 9.88. The second-order valence-corrected chi connectivity index (χ2v) is 7.83. The molecule has 134 valence electrons. The zero-order chi connectivity index (χ0) is 17.2. The number of nitrogens with zero attached hydrogens (tertiary/aromatic N) is 2. The lowest BCUT2D eigenvalue weighted by molar-refractivity contribution is -0.148. The summed E-state index contributed by atoms with van der Waals surface area (Å²) in [7, 11) is 0. The van der Waals surface area contributed by atoms with E-state index in [4.69, 9.17) is 0 Å². The summed E-state index contributed by atoms with van der Waals surface area (Å²) < 4.78 is 0. The number of piperidine rings is 1. The van der Waals surface area contributed by atoms with Gasteiger partial charge in [0.1, 0.15) is 0 Å². The number of hydrogen-bond donors (Lipinski definition) is 0. The van der Waals surface area contributed by atoms with Gasteiger partial charge in [0.25, 0.3) is 0 Å². The molecule has 3 fully saturated rings. The van der Waals surface area contributed by atoms with Crippen molar-refractivity contribution in [2.24, 2.45) is 11.8 Å². The van der Waals surface area contributed by atoms with Crippen molar-refractivity contribution in [1.29, 1.82) is 0 Å². The quantitative estimate of drug-likeness (QED) is 0.846. The average Bonchev–Trinajstić information content (AvgIpc) is 3.16. The van der Waals surface area contributed by atoms with Crippen molar-refractivity contribution < 1.29 is 9.59 Å². The maximum Gasteiger partial charge on any atom is 0.226 e. The van der Waals surface area contributed by atoms with Gasteiger partial charge in [-0.1, -0.05) is 43.2 Å². The number of carbonyl (C=O) groups is 2. The average molecular weight is 340 g/mol. The SMILES string of the molecule is O=C(C1CCCC1)N1CCC(C(=O)N2CCC2c2ccccc2)CC1. The number of rotatable bonds is 3. The van der Waals surface area contributed by atoms with Gasteiger partial charge in [-0.3, -0.25) is 9.59 Å². The van der Waals surface area contributed by atoms with Crippen molar-refractivity contribution in [1.82, 2.24) is 9.80 Å². The van der Waals surface area contributed by atoms with E-state index >= 15 is 0 Å². The van der Waals surface area contributed by atoms with Gasteiger partial charge in [0, 0.05) is 31.5 Å². The van der Waals surface area contributed by atoms with Gasteiger partial charge in [-0.15, -0.1) is 0 Å². The zero-order valence-corrected chi connectivity index (χ0v) is 14.9. The molecule has 1 aromatic carbocycles. The van der Waals surface area contributed by atoms with E-state index in [2.05, 4.69) is 17.0 Å². The number of likely N-dealkylation sites (tertiary alicyclic amines) is 2. The van der Waals surface area contributed by atoms with Crippen LogP contribution in [0.1, 0.15) is 56.6 Å². The maximum atomic E-state index is 12.9. The Balaban J connectivity index is 1.31. The van der Waals surface area contributed by atoms with Gasteiger partial charge < -0.3 is 9.80 Å². The Hall–Kier alpha value is -1.84. The molecule has 0 N–H and O–H groups in total. The fraction of sp³-hybridized carbons (Fsp3) is 0.619. The van der Waals surface area contributed by atoms with Crippen molar-refractivity contribution in [3.8, 4) is 0 Å². The fourth-order valence-corrected chi connectivity index (χ4v) is 4.69. The minimum atomic E-state index is 0.0964. The highest BCUT2D eigenvalue weighted by atomic mass is 16.2. The second kappa shape index (κ2) is 7.19. The van der Waals surface area contributed by atoms with Crippen LogP contribution in [-0.4, -0.2) is 41.2 Å². The molecule has 3 aliphatic rings. The van der Waals surface area contributed by atoms with E-state index in [0.717, 1.165) is 51.7 Å². The lowest BCUT2D eigenvalue weighted by Crippen LogP contribution is -2.50. The molecule has 2 aliphatic heterocycles. The van der Waals surface area contributed by atoms with Crippen LogP contribution >= 0.6 is 0 Å². The standard InChI is InChI=1S/C21H28N2O2/c24-20(17-8-4-5-9-17)22-13-10-18(11-14-22)21(25)23-15-12-19(23)16-6-2-1-3-7-16/h1-3,6-7,17-19H,4-5,8-15H2. The maximum absolute atomic E-state index is 12.9. The molecule has 2 amide bonds. The Kier molecular flexibility index (Phi) is 4.78. The predicted molar refractivity (Wildman–Crippen MR) is 96.8 cm³/mol. The summed E-state index contributed by atoms with van der Waals surface area (Å²) in [6.45, 7) is 2.39. The Morgan fingerprint density at radius 2 is 1.40 bits per heavy atom. The topological polar surface area (TPSA) is 40.6 Å². The van der Waals surface area contributed by atoms with E-state index < -0.39 is 0 Å². The van der Waals surface area contributed by atoms with Crippen molar-refractivity contribution >= 4 is 11.8 Å². The smallest absolute Gasteiger partial charge is 0.226 e. The summed E-state index contributed by atoms with van der Waals surface area (Å²) in [5.41, 5.74) is 1.25. The first-order chi connectivity index (χ1) is 12.2. The van der Waals surface area contributed by atoms with E-state index in [-0.39, 0.29) is 17.9 Å². The molecule has 0 bridgehead atoms. The van der Waals surface area contributed by atoms with Crippen LogP contribution in [0.4, 0.5) is 0 Å². The van der Waals surface area contributed by atoms with E-state index in [1.807, 2.05) is 23.1 Å². The Bertz CT molecular complexity index is 616. The van der Waals surface area contributed by atoms with E-state index in [9.17, 15) is 9.59 Å². The normalized spacial score (nSPS) is 25.0. The second-order valence-electron chi connectivity index (χ2n) is 7.83. The minimum absolute atomic E-state index is 0.0964. The molecule has 2 saturated heterocycles. The molecule has 1 saturated carbocycles. The van der Waals surface area contributed by atoms with Crippen LogP contribution in [0.25, 0.3) is 0 Å². The first kappa shape index (κ1) is 16.6. The van der Waals surface area contributed by atoms with E-state index in [1.165, 1.54) is 18.4 Å². The van der Waals surface area contributed by atoms with Crippen LogP contribution < -0.4 is 0 Å². The summed E-state index contributed by atoms with van der Waals surface area (Å²) in [5.74, 6) is 0.992. The number of benzene rings is 1. The molecular weight excluding hydrogens is 312 g/mol. The van der Waals surface area contributed by atoms with Crippen LogP contribution in [0.2, 0.25) is 0 Å². The lowest BCUT2D eigenvalue weighted by Gasteiger charge is -2.44. The van der Waals surface area contributed by atoms with Crippen molar-refractivity contribution in [3.05, 3.63) is 35.9 Å². The number of hydrogen-bond acceptors (Lipinski definition) is 2. The lowest BCUT2D eigenvalue weighted by atomic mass is 9.89. The molecular formula is C21H28N2O2. The van der Waals surface area contributed by atoms with Gasteiger partial charge in [-0.05, 0) is 37.7 Å². The van der Waals surface area contributed by atoms with Crippen LogP contribution in [0, 0.1) is 11.8 Å². The highest BCUT2D eigenvalue weighted by molar-refractivity contribution is 5.82. The molecule has 1 atom stereocenters. The van der Waals surface area contributed by atoms with Crippen molar-refractivity contribution in [2.45, 2.75) is 51.0 Å². The molecule has 4 nitrogen and oxygen atoms in total. The molecule has 1 unspecified atom stereocenters. The highest BCUT2D eigenvalue weighted by Gasteiger charge is 2.38. The first-order valence-electron chi connectivity index (χ1n) is 9.88. The monoisotopic (exact) mass is 340 g/mol. The van der Waals surface area contributed by atoms with Gasteiger partial charge in [0.15, 0.2) is 0 Å². The third-order valence-electron chi connectivity index (χ3n) is 6.35. The van der Waals surface area contributed by atoms with Crippen LogP contribution in [0.3, 0.4) is 0 Å². The highest BCUT2D eigenvalue weighted by Crippen LogP contribution is 2.36.